The molecule has 0 saturated carbocycles. The Morgan fingerprint density at radius 2 is 1.72 bits per heavy atom. The fourth-order valence-electron chi connectivity index (χ4n) is 4.03. The Kier molecular flexibility index (Phi) is 5.51. The Morgan fingerprint density at radius 1 is 0.969 bits per heavy atom. The summed E-state index contributed by atoms with van der Waals surface area (Å²) in [6.07, 6.45) is 5.48. The summed E-state index contributed by atoms with van der Waals surface area (Å²) in [7, 11) is 0. The van der Waals surface area contributed by atoms with Crippen molar-refractivity contribution < 1.29 is 9.50 Å². The molecule has 1 aliphatic rings. The monoisotopic (exact) mass is 430 g/mol. The lowest BCUT2D eigenvalue weighted by atomic mass is 10.0. The van der Waals surface area contributed by atoms with Gasteiger partial charge < -0.3 is 20.3 Å². The van der Waals surface area contributed by atoms with Crippen LogP contribution in [-0.4, -0.2) is 37.7 Å². The van der Waals surface area contributed by atoms with Crippen molar-refractivity contribution in [3.8, 4) is 28.5 Å². The van der Waals surface area contributed by atoms with Crippen LogP contribution in [0.15, 0.2) is 67.0 Å². The number of phenols is 1. The highest BCUT2D eigenvalue weighted by Gasteiger charge is 2.23. The quantitative estimate of drug-likeness (QED) is 0.404. The van der Waals surface area contributed by atoms with Gasteiger partial charge in [0.1, 0.15) is 17.4 Å². The normalized spacial score (nSPS) is 14.4. The van der Waals surface area contributed by atoms with Crippen molar-refractivity contribution in [3.05, 3.63) is 72.8 Å². The molecular weight excluding hydrogens is 407 g/mol. The molecule has 4 aromatic rings. The zero-order valence-electron chi connectivity index (χ0n) is 17.4. The highest BCUT2D eigenvalue weighted by atomic mass is 19.1. The van der Waals surface area contributed by atoms with Crippen molar-refractivity contribution in [3.63, 3.8) is 0 Å². The Balaban J connectivity index is 1.54. The second-order valence-corrected chi connectivity index (χ2v) is 7.76. The zero-order valence-corrected chi connectivity index (χ0v) is 17.4. The summed E-state index contributed by atoms with van der Waals surface area (Å²) in [6.45, 7) is 1.87. The predicted octanol–water partition coefficient (Wildman–Crippen LogP) is 4.52. The number of aromatic nitrogens is 4. The van der Waals surface area contributed by atoms with Gasteiger partial charge >= 0.3 is 0 Å². The molecule has 8 heteroatoms. The molecular formula is C24H23FN6O. The molecule has 1 aliphatic heterocycles. The minimum Gasteiger partial charge on any atom is -0.508 e. The van der Waals surface area contributed by atoms with Crippen LogP contribution in [0, 0.1) is 5.82 Å². The van der Waals surface area contributed by atoms with Crippen molar-refractivity contribution in [2.45, 2.75) is 18.9 Å². The van der Waals surface area contributed by atoms with Crippen molar-refractivity contribution in [2.75, 3.05) is 18.4 Å². The van der Waals surface area contributed by atoms with Gasteiger partial charge in [0, 0.05) is 23.5 Å². The third kappa shape index (κ3) is 4.17. The summed E-state index contributed by atoms with van der Waals surface area (Å²) >= 11 is 0. The zero-order chi connectivity index (χ0) is 21.9. The van der Waals surface area contributed by atoms with Gasteiger partial charge in [0.15, 0.2) is 0 Å². The lowest BCUT2D eigenvalue weighted by Gasteiger charge is -2.27. The van der Waals surface area contributed by atoms with E-state index >= 15 is 0 Å². The molecule has 0 unspecified atom stereocenters. The van der Waals surface area contributed by atoms with Crippen LogP contribution < -0.4 is 10.6 Å². The lowest BCUT2D eigenvalue weighted by Crippen LogP contribution is -2.30. The fourth-order valence-corrected chi connectivity index (χ4v) is 4.03. The molecule has 0 spiro atoms. The molecule has 2 aromatic carbocycles. The van der Waals surface area contributed by atoms with E-state index in [4.69, 9.17) is 9.97 Å². The number of imidazole rings is 1. The van der Waals surface area contributed by atoms with Crippen LogP contribution in [0.3, 0.4) is 0 Å². The van der Waals surface area contributed by atoms with Crippen LogP contribution in [0.25, 0.3) is 22.8 Å². The number of aromatic hydroxyl groups is 1. The van der Waals surface area contributed by atoms with E-state index in [0.717, 1.165) is 54.4 Å². The number of nitrogens with one attached hydrogen (secondary N) is 2. The SMILES string of the molecule is Oc1ccc(Nc2nccc(-c3cnc(-c4ccc(F)cc4)n3C3CCNCC3)n2)cc1. The van der Waals surface area contributed by atoms with E-state index in [1.54, 1.807) is 42.6 Å². The van der Waals surface area contributed by atoms with Gasteiger partial charge in [-0.05, 0) is 80.5 Å². The average Bonchev–Trinajstić information content (AvgIpc) is 3.27. The molecule has 1 saturated heterocycles. The fraction of sp³-hybridized carbons (Fsp3) is 0.208. The van der Waals surface area contributed by atoms with Gasteiger partial charge in [0.25, 0.3) is 0 Å². The summed E-state index contributed by atoms with van der Waals surface area (Å²) in [5.74, 6) is 1.19. The number of anilines is 2. The number of rotatable bonds is 5. The number of halogens is 1. The van der Waals surface area contributed by atoms with Gasteiger partial charge in [-0.3, -0.25) is 0 Å². The van der Waals surface area contributed by atoms with E-state index in [-0.39, 0.29) is 17.6 Å². The Labute approximate surface area is 185 Å². The molecule has 32 heavy (non-hydrogen) atoms. The maximum Gasteiger partial charge on any atom is 0.227 e. The third-order valence-electron chi connectivity index (χ3n) is 5.61. The van der Waals surface area contributed by atoms with Crippen LogP contribution in [-0.2, 0) is 0 Å². The molecule has 3 heterocycles. The summed E-state index contributed by atoms with van der Waals surface area (Å²) in [5, 5.41) is 16.1. The largest absolute Gasteiger partial charge is 0.508 e. The maximum absolute atomic E-state index is 13.5. The molecule has 5 rings (SSSR count). The second-order valence-electron chi connectivity index (χ2n) is 7.76. The molecule has 0 amide bonds. The average molecular weight is 430 g/mol. The third-order valence-corrected chi connectivity index (χ3v) is 5.61. The highest BCUT2D eigenvalue weighted by Crippen LogP contribution is 2.33. The first-order valence-corrected chi connectivity index (χ1v) is 10.6. The van der Waals surface area contributed by atoms with Gasteiger partial charge in [0.2, 0.25) is 5.95 Å². The number of hydrogen-bond acceptors (Lipinski definition) is 6. The number of hydrogen-bond donors (Lipinski definition) is 3. The van der Waals surface area contributed by atoms with Crippen LogP contribution in [0.2, 0.25) is 0 Å². The Bertz CT molecular complexity index is 1200. The van der Waals surface area contributed by atoms with Crippen molar-refractivity contribution in [1.29, 1.82) is 0 Å². The van der Waals surface area contributed by atoms with E-state index < -0.39 is 0 Å². The number of piperidine rings is 1. The van der Waals surface area contributed by atoms with E-state index in [1.165, 1.54) is 12.1 Å². The van der Waals surface area contributed by atoms with E-state index in [9.17, 15) is 9.50 Å². The van der Waals surface area contributed by atoms with Crippen molar-refractivity contribution in [1.82, 2.24) is 24.8 Å². The van der Waals surface area contributed by atoms with E-state index in [1.807, 2.05) is 12.3 Å². The lowest BCUT2D eigenvalue weighted by molar-refractivity contribution is 0.373. The Hall–Kier alpha value is -3.78. The number of phenolic OH excluding ortho intramolecular Hbond substituents is 1. The second kappa shape index (κ2) is 8.76. The van der Waals surface area contributed by atoms with Gasteiger partial charge in [0.05, 0.1) is 17.6 Å². The van der Waals surface area contributed by atoms with Gasteiger partial charge in [-0.25, -0.2) is 19.3 Å². The minimum atomic E-state index is -0.269. The molecule has 0 bridgehead atoms. The van der Waals surface area contributed by atoms with Gasteiger partial charge in [-0.2, -0.15) is 0 Å². The molecule has 1 fully saturated rings. The summed E-state index contributed by atoms with van der Waals surface area (Å²) in [6, 6.07) is 15.3. The smallest absolute Gasteiger partial charge is 0.227 e. The molecule has 7 nitrogen and oxygen atoms in total. The maximum atomic E-state index is 13.5. The summed E-state index contributed by atoms with van der Waals surface area (Å²) in [4.78, 5) is 13.8. The highest BCUT2D eigenvalue weighted by molar-refractivity contribution is 5.65. The van der Waals surface area contributed by atoms with Crippen LogP contribution in [0.5, 0.6) is 5.75 Å². The predicted molar refractivity (Wildman–Crippen MR) is 121 cm³/mol. The molecule has 162 valence electrons. The standard InChI is InChI=1S/C24H23FN6O/c25-17-3-1-16(2-4-17)23-28-15-22(31(23)19-9-12-26-13-10-19)21-11-14-27-24(30-21)29-18-5-7-20(32)8-6-18/h1-8,11,14-15,19,26,32H,9-10,12-13H2,(H,27,29,30). The van der Waals surface area contributed by atoms with Crippen molar-refractivity contribution in [2.24, 2.45) is 0 Å². The molecule has 3 N–H and O–H groups in total. The van der Waals surface area contributed by atoms with E-state index in [0.29, 0.717) is 5.95 Å². The molecule has 0 aliphatic carbocycles. The van der Waals surface area contributed by atoms with Crippen LogP contribution in [0.4, 0.5) is 16.0 Å². The molecule has 0 atom stereocenters. The first kappa shape index (κ1) is 20.1. The summed E-state index contributed by atoms with van der Waals surface area (Å²) < 4.78 is 15.7. The molecule has 0 radical (unpaired) electrons. The summed E-state index contributed by atoms with van der Waals surface area (Å²) in [5.41, 5.74) is 3.29. The van der Waals surface area contributed by atoms with Gasteiger partial charge in [-0.15, -0.1) is 0 Å². The van der Waals surface area contributed by atoms with Crippen LogP contribution >= 0.6 is 0 Å². The topological polar surface area (TPSA) is 87.9 Å². The Morgan fingerprint density at radius 3 is 2.47 bits per heavy atom. The van der Waals surface area contributed by atoms with Crippen molar-refractivity contribution >= 4 is 11.6 Å². The number of benzene rings is 2. The first-order chi connectivity index (χ1) is 15.7. The van der Waals surface area contributed by atoms with Gasteiger partial charge in [-0.1, -0.05) is 0 Å². The van der Waals surface area contributed by atoms with E-state index in [2.05, 4.69) is 20.2 Å². The number of nitrogens with zero attached hydrogens (tertiary/aromatic N) is 4. The van der Waals surface area contributed by atoms with Crippen LogP contribution in [0.1, 0.15) is 18.9 Å². The first-order valence-electron chi connectivity index (χ1n) is 10.6. The molecule has 2 aromatic heterocycles. The minimum absolute atomic E-state index is 0.199.